The Bertz CT molecular complexity index is 858. The van der Waals surface area contributed by atoms with Gasteiger partial charge in [-0.1, -0.05) is 17.8 Å². The van der Waals surface area contributed by atoms with Crippen LogP contribution in [0, 0.1) is 11.8 Å². The Morgan fingerprint density at radius 3 is 2.76 bits per heavy atom. The van der Waals surface area contributed by atoms with Crippen molar-refractivity contribution in [3.63, 3.8) is 0 Å². The van der Waals surface area contributed by atoms with Gasteiger partial charge in [-0.05, 0) is 31.0 Å². The lowest BCUT2D eigenvalue weighted by Gasteiger charge is -2.33. The minimum absolute atomic E-state index is 0.0634. The minimum Gasteiger partial charge on any atom is -0.306 e. The van der Waals surface area contributed by atoms with Gasteiger partial charge in [0.1, 0.15) is 11.5 Å². The van der Waals surface area contributed by atoms with Crippen LogP contribution in [0.3, 0.4) is 0 Å². The second-order valence-electron chi connectivity index (χ2n) is 5.84. The SMILES string of the molecule is CC(=O)NC1=NCC[C@@](C)(c2ccc(F)c(-c3nccnc3F)c2)S1. The van der Waals surface area contributed by atoms with Gasteiger partial charge in [0.15, 0.2) is 5.17 Å². The topological polar surface area (TPSA) is 67.2 Å². The van der Waals surface area contributed by atoms with Crippen LogP contribution < -0.4 is 5.32 Å². The van der Waals surface area contributed by atoms with Gasteiger partial charge in [0.2, 0.25) is 11.9 Å². The fourth-order valence-electron chi connectivity index (χ4n) is 2.62. The first-order valence-electron chi connectivity index (χ1n) is 7.67. The first kappa shape index (κ1) is 17.5. The lowest BCUT2D eigenvalue weighted by Crippen LogP contribution is -2.34. The molecule has 2 heterocycles. The quantitative estimate of drug-likeness (QED) is 0.890. The summed E-state index contributed by atoms with van der Waals surface area (Å²) in [5.41, 5.74) is 0.743. The molecular weight excluding hydrogens is 346 g/mol. The van der Waals surface area contributed by atoms with Crippen LogP contribution in [0.5, 0.6) is 0 Å². The summed E-state index contributed by atoms with van der Waals surface area (Å²) >= 11 is 1.40. The van der Waals surface area contributed by atoms with E-state index in [-0.39, 0.29) is 17.2 Å². The van der Waals surface area contributed by atoms with Gasteiger partial charge in [-0.15, -0.1) is 0 Å². The number of amidine groups is 1. The molecule has 5 nitrogen and oxygen atoms in total. The van der Waals surface area contributed by atoms with Crippen molar-refractivity contribution in [2.45, 2.75) is 25.0 Å². The molecule has 0 radical (unpaired) electrons. The molecule has 0 unspecified atom stereocenters. The van der Waals surface area contributed by atoms with Crippen LogP contribution in [0.4, 0.5) is 8.78 Å². The van der Waals surface area contributed by atoms with Gasteiger partial charge in [0, 0.05) is 36.2 Å². The summed E-state index contributed by atoms with van der Waals surface area (Å²) in [6.07, 6.45) is 3.24. The molecular formula is C17H16F2N4OS. The summed E-state index contributed by atoms with van der Waals surface area (Å²) in [6, 6.07) is 4.55. The number of thioether (sulfide) groups is 1. The number of rotatable bonds is 2. The molecule has 1 N–H and O–H groups in total. The van der Waals surface area contributed by atoms with E-state index in [1.165, 1.54) is 37.1 Å². The van der Waals surface area contributed by atoms with Gasteiger partial charge >= 0.3 is 0 Å². The molecule has 25 heavy (non-hydrogen) atoms. The van der Waals surface area contributed by atoms with Crippen LogP contribution in [0.15, 0.2) is 35.6 Å². The summed E-state index contributed by atoms with van der Waals surface area (Å²) in [4.78, 5) is 23.0. The van der Waals surface area contributed by atoms with Crippen molar-refractivity contribution in [1.29, 1.82) is 0 Å². The lowest BCUT2D eigenvalue weighted by atomic mass is 9.94. The largest absolute Gasteiger partial charge is 0.306 e. The Morgan fingerprint density at radius 2 is 2.04 bits per heavy atom. The molecule has 130 valence electrons. The molecule has 1 aliphatic heterocycles. The molecule has 0 spiro atoms. The summed E-state index contributed by atoms with van der Waals surface area (Å²) in [7, 11) is 0. The van der Waals surface area contributed by atoms with E-state index >= 15 is 0 Å². The molecule has 8 heteroatoms. The number of nitrogens with one attached hydrogen (secondary N) is 1. The highest BCUT2D eigenvalue weighted by Gasteiger charge is 2.33. The molecule has 0 aliphatic carbocycles. The molecule has 1 amide bonds. The number of hydrogen-bond acceptors (Lipinski definition) is 5. The van der Waals surface area contributed by atoms with E-state index in [0.717, 1.165) is 5.56 Å². The molecule has 1 aliphatic rings. The molecule has 1 aromatic heterocycles. The third-order valence-corrected chi connectivity index (χ3v) is 5.25. The van der Waals surface area contributed by atoms with E-state index in [1.54, 1.807) is 12.1 Å². The van der Waals surface area contributed by atoms with Crippen molar-refractivity contribution < 1.29 is 13.6 Å². The highest BCUT2D eigenvalue weighted by atomic mass is 32.2. The van der Waals surface area contributed by atoms with Gasteiger partial charge in [-0.25, -0.2) is 14.4 Å². The maximum absolute atomic E-state index is 14.3. The molecule has 0 saturated heterocycles. The summed E-state index contributed by atoms with van der Waals surface area (Å²) in [6.45, 7) is 3.94. The summed E-state index contributed by atoms with van der Waals surface area (Å²) in [5.74, 6) is -1.58. The predicted octanol–water partition coefficient (Wildman–Crippen LogP) is 3.27. The number of hydrogen-bond donors (Lipinski definition) is 1. The molecule has 0 saturated carbocycles. The number of aromatic nitrogens is 2. The third kappa shape index (κ3) is 3.68. The van der Waals surface area contributed by atoms with E-state index in [2.05, 4.69) is 20.3 Å². The molecule has 3 rings (SSSR count). The van der Waals surface area contributed by atoms with Crippen molar-refractivity contribution in [1.82, 2.24) is 15.3 Å². The third-order valence-electron chi connectivity index (χ3n) is 3.93. The van der Waals surface area contributed by atoms with Crippen LogP contribution in [-0.2, 0) is 9.54 Å². The average Bonchev–Trinajstić information content (AvgIpc) is 2.55. The zero-order valence-electron chi connectivity index (χ0n) is 13.7. The first-order chi connectivity index (χ1) is 11.9. The standard InChI is InChI=1S/C17H16F2N4OS/c1-10(24)23-16-22-6-5-17(2,25-16)11-3-4-13(18)12(9-11)14-15(19)21-8-7-20-14/h3-4,7-9H,5-6H2,1-2H3,(H,22,23,24)/t17-/m0/s1. The van der Waals surface area contributed by atoms with E-state index in [0.29, 0.717) is 18.1 Å². The van der Waals surface area contributed by atoms with E-state index < -0.39 is 16.5 Å². The van der Waals surface area contributed by atoms with Crippen LogP contribution in [0.2, 0.25) is 0 Å². The van der Waals surface area contributed by atoms with Gasteiger partial charge in [0.05, 0.1) is 0 Å². The van der Waals surface area contributed by atoms with Gasteiger partial charge in [-0.3, -0.25) is 9.79 Å². The Kier molecular flexibility index (Phi) is 4.80. The van der Waals surface area contributed by atoms with Crippen molar-refractivity contribution in [2.75, 3.05) is 6.54 Å². The maximum atomic E-state index is 14.3. The lowest BCUT2D eigenvalue weighted by molar-refractivity contribution is -0.117. The zero-order valence-corrected chi connectivity index (χ0v) is 14.5. The first-order valence-corrected chi connectivity index (χ1v) is 8.49. The maximum Gasteiger partial charge on any atom is 0.239 e. The molecule has 0 bridgehead atoms. The highest BCUT2D eigenvalue weighted by Crippen LogP contribution is 2.43. The van der Waals surface area contributed by atoms with Gasteiger partial charge in [-0.2, -0.15) is 4.39 Å². The Morgan fingerprint density at radius 1 is 1.28 bits per heavy atom. The van der Waals surface area contributed by atoms with Crippen LogP contribution >= 0.6 is 11.8 Å². The van der Waals surface area contributed by atoms with Gasteiger partial charge < -0.3 is 5.32 Å². The van der Waals surface area contributed by atoms with Crippen molar-refractivity contribution in [2.24, 2.45) is 4.99 Å². The Hall–Kier alpha value is -2.35. The molecule has 0 fully saturated rings. The van der Waals surface area contributed by atoms with E-state index in [1.807, 2.05) is 6.92 Å². The summed E-state index contributed by atoms with van der Waals surface area (Å²) in [5, 5.41) is 3.22. The van der Waals surface area contributed by atoms with Crippen molar-refractivity contribution in [3.8, 4) is 11.3 Å². The Labute approximate surface area is 148 Å². The van der Waals surface area contributed by atoms with Crippen molar-refractivity contribution >= 4 is 22.8 Å². The van der Waals surface area contributed by atoms with Crippen molar-refractivity contribution in [3.05, 3.63) is 47.9 Å². The number of carbonyl (C=O) groups is 1. The van der Waals surface area contributed by atoms with Crippen LogP contribution in [-0.4, -0.2) is 27.6 Å². The fraction of sp³-hybridized carbons (Fsp3) is 0.294. The second-order valence-corrected chi connectivity index (χ2v) is 7.33. The summed E-state index contributed by atoms with van der Waals surface area (Å²) < 4.78 is 27.7. The minimum atomic E-state index is -0.819. The zero-order chi connectivity index (χ0) is 18.0. The highest BCUT2D eigenvalue weighted by molar-refractivity contribution is 8.14. The Balaban J connectivity index is 1.99. The number of aliphatic imine (C=N–C) groups is 1. The smallest absolute Gasteiger partial charge is 0.239 e. The number of carbonyl (C=O) groups excluding carboxylic acids is 1. The van der Waals surface area contributed by atoms with E-state index in [9.17, 15) is 13.6 Å². The number of benzene rings is 1. The average molecular weight is 362 g/mol. The monoisotopic (exact) mass is 362 g/mol. The number of amides is 1. The molecule has 1 atom stereocenters. The van der Waals surface area contributed by atoms with E-state index in [4.69, 9.17) is 0 Å². The predicted molar refractivity (Wildman–Crippen MR) is 93.1 cm³/mol. The molecule has 2 aromatic rings. The number of halogens is 2. The number of nitrogens with zero attached hydrogens (tertiary/aromatic N) is 3. The normalized spacial score (nSPS) is 20.1. The van der Waals surface area contributed by atoms with Crippen LogP contribution in [0.25, 0.3) is 11.3 Å². The van der Waals surface area contributed by atoms with Crippen LogP contribution in [0.1, 0.15) is 25.8 Å². The van der Waals surface area contributed by atoms with Gasteiger partial charge in [0.25, 0.3) is 0 Å². The second kappa shape index (κ2) is 6.87. The molecule has 1 aromatic carbocycles. The fourth-order valence-corrected chi connectivity index (χ4v) is 3.84.